The van der Waals surface area contributed by atoms with Crippen molar-refractivity contribution in [2.45, 2.75) is 101 Å². The number of primary amides is 1. The first kappa shape index (κ1) is 35.1. The van der Waals surface area contributed by atoms with E-state index in [2.05, 4.69) is 31.1 Å². The van der Waals surface area contributed by atoms with Gasteiger partial charge in [0, 0.05) is 50.0 Å². The molecule has 3 fully saturated rings. The van der Waals surface area contributed by atoms with Crippen LogP contribution in [-0.4, -0.2) is 102 Å². The van der Waals surface area contributed by atoms with Crippen molar-refractivity contribution in [3.05, 3.63) is 41.9 Å². The lowest BCUT2D eigenvalue weighted by molar-refractivity contribution is -0.147. The molecule has 6 rings (SSSR count). The van der Waals surface area contributed by atoms with Gasteiger partial charge in [-0.15, -0.1) is 5.10 Å². The van der Waals surface area contributed by atoms with Gasteiger partial charge in [-0.05, 0) is 38.3 Å². The number of carbonyl (C=O) groups excluding carboxylic acids is 5. The first-order valence-electron chi connectivity index (χ1n) is 17.3. The molecule has 16 heteroatoms. The summed E-state index contributed by atoms with van der Waals surface area (Å²) in [5, 5.41) is 32.6. The highest BCUT2D eigenvalue weighted by molar-refractivity contribution is 6.39. The number of hydrogen-bond donors (Lipinski definition) is 5. The summed E-state index contributed by atoms with van der Waals surface area (Å²) in [6.07, 6.45) is 8.62. The number of aromatic amines is 1. The van der Waals surface area contributed by atoms with Crippen molar-refractivity contribution >= 4 is 40.3 Å². The van der Waals surface area contributed by atoms with E-state index in [0.717, 1.165) is 37.5 Å². The van der Waals surface area contributed by atoms with Gasteiger partial charge >= 0.3 is 0 Å². The van der Waals surface area contributed by atoms with Crippen LogP contribution in [0.2, 0.25) is 0 Å². The number of hydrogen-bond acceptors (Lipinski definition) is 10. The molecule has 0 radical (unpaired) electrons. The Kier molecular flexibility index (Phi) is 10.0. The highest BCUT2D eigenvalue weighted by atomic mass is 16.5. The van der Waals surface area contributed by atoms with Crippen LogP contribution >= 0.6 is 0 Å². The second-order valence-electron chi connectivity index (χ2n) is 14.3. The number of ketones is 1. The van der Waals surface area contributed by atoms with E-state index >= 15 is 0 Å². The molecule has 0 bridgehead atoms. The molecule has 2 aromatic heterocycles. The van der Waals surface area contributed by atoms with Gasteiger partial charge in [-0.2, -0.15) is 5.10 Å². The van der Waals surface area contributed by atoms with Gasteiger partial charge in [-0.3, -0.25) is 29.1 Å². The molecule has 50 heavy (non-hydrogen) atoms. The van der Waals surface area contributed by atoms with Gasteiger partial charge in [0.25, 0.3) is 11.8 Å². The number of Topliss-reactive ketones (excluding diaryl/α,β-unsaturated/α-hetero) is 1. The topological polar surface area (TPSA) is 228 Å². The van der Waals surface area contributed by atoms with Crippen molar-refractivity contribution in [1.29, 1.82) is 0 Å². The Morgan fingerprint density at radius 2 is 1.86 bits per heavy atom. The lowest BCUT2D eigenvalue weighted by Crippen LogP contribution is -2.64. The summed E-state index contributed by atoms with van der Waals surface area (Å²) in [6, 6.07) is 2.46. The lowest BCUT2D eigenvalue weighted by Gasteiger charge is -2.37. The molecular weight excluding hydrogens is 646 g/mol. The van der Waals surface area contributed by atoms with Crippen LogP contribution in [0.5, 0.6) is 0 Å². The number of aromatic nitrogens is 5. The smallest absolute Gasteiger partial charge is 0.287 e. The van der Waals surface area contributed by atoms with E-state index < -0.39 is 58.7 Å². The Morgan fingerprint density at radius 3 is 2.56 bits per heavy atom. The average Bonchev–Trinajstić information content (AvgIpc) is 3.87. The van der Waals surface area contributed by atoms with E-state index in [9.17, 15) is 29.1 Å². The predicted octanol–water partition coefficient (Wildman–Crippen LogP) is 1.01. The van der Waals surface area contributed by atoms with Crippen LogP contribution in [0.1, 0.15) is 93.7 Å². The highest BCUT2D eigenvalue weighted by Crippen LogP contribution is 2.34. The summed E-state index contributed by atoms with van der Waals surface area (Å²) in [5.74, 6) is -3.46. The van der Waals surface area contributed by atoms with Crippen LogP contribution in [-0.2, 0) is 29.5 Å². The molecule has 268 valence electrons. The zero-order valence-electron chi connectivity index (χ0n) is 28.4. The summed E-state index contributed by atoms with van der Waals surface area (Å²) in [4.78, 5) is 69.4. The number of nitrogens with zero attached hydrogens (tertiary/aromatic N) is 5. The molecule has 3 aromatic rings. The molecular formula is C34H45N9O7. The van der Waals surface area contributed by atoms with E-state index in [1.807, 2.05) is 0 Å². The fourth-order valence-electron chi connectivity index (χ4n) is 7.62. The van der Waals surface area contributed by atoms with Gasteiger partial charge in [0.2, 0.25) is 17.6 Å². The zero-order chi connectivity index (χ0) is 35.6. The summed E-state index contributed by atoms with van der Waals surface area (Å²) < 4.78 is 6.93. The third kappa shape index (κ3) is 7.26. The van der Waals surface area contributed by atoms with Crippen molar-refractivity contribution in [2.75, 3.05) is 19.8 Å². The maximum atomic E-state index is 14.7. The number of likely N-dealkylation sites (tertiary alicyclic amines) is 1. The monoisotopic (exact) mass is 691 g/mol. The summed E-state index contributed by atoms with van der Waals surface area (Å²) in [6.45, 7) is 3.45. The van der Waals surface area contributed by atoms with Crippen LogP contribution in [0.15, 0.2) is 30.6 Å². The molecule has 3 aliphatic rings. The van der Waals surface area contributed by atoms with Crippen LogP contribution < -0.4 is 16.4 Å². The first-order valence-corrected chi connectivity index (χ1v) is 17.3. The molecule has 6 N–H and O–H groups in total. The number of ether oxygens (including phenoxy) is 1. The van der Waals surface area contributed by atoms with E-state index in [-0.39, 0.29) is 44.9 Å². The summed E-state index contributed by atoms with van der Waals surface area (Å²) in [5.41, 5.74) is 3.92. The number of benzene rings is 1. The Bertz CT molecular complexity index is 1750. The lowest BCUT2D eigenvalue weighted by atomic mass is 9.84. The average molecular weight is 692 g/mol. The number of amides is 4. The normalized spacial score (nSPS) is 21.9. The Hall–Kier alpha value is -4.70. The molecule has 4 heterocycles. The maximum absolute atomic E-state index is 14.7. The van der Waals surface area contributed by atoms with E-state index in [1.54, 1.807) is 38.2 Å². The molecule has 1 saturated carbocycles. The van der Waals surface area contributed by atoms with Gasteiger partial charge < -0.3 is 31.1 Å². The van der Waals surface area contributed by atoms with Gasteiger partial charge in [0.1, 0.15) is 23.2 Å². The standard InChI is InChI=1S/C34H45N9O7/c1-33(2,49)27-18-37-41-43(27)23-16-26(31(47)39-34(28(44)29(35)45)10-12-50-13-11-34)42(19-23)32(48)25(14-20-6-4-3-5-7-20)38-30(46)21-8-9-22-17-36-40-24(22)15-21/h8-9,15,17-18,20,23,25-26,49H,3-7,10-14,16,19H2,1-2H3,(H2,35,45)(H,36,40)(H,38,46)(H,39,47)/t23-,25+,26-/m0/s1. The number of nitrogens with two attached hydrogens (primary N) is 1. The molecule has 1 aromatic carbocycles. The van der Waals surface area contributed by atoms with Gasteiger partial charge in [-0.1, -0.05) is 43.4 Å². The van der Waals surface area contributed by atoms with Crippen LogP contribution in [0.4, 0.5) is 0 Å². The number of fused-ring (bicyclic) bond motifs is 1. The van der Waals surface area contributed by atoms with E-state index in [0.29, 0.717) is 23.2 Å². The van der Waals surface area contributed by atoms with Crippen molar-refractivity contribution in [3.8, 4) is 0 Å². The van der Waals surface area contributed by atoms with E-state index in [1.165, 1.54) is 15.8 Å². The van der Waals surface area contributed by atoms with Crippen molar-refractivity contribution in [1.82, 2.24) is 40.7 Å². The molecule has 3 atom stereocenters. The minimum atomic E-state index is -1.58. The second kappa shape index (κ2) is 14.3. The minimum Gasteiger partial charge on any atom is -0.384 e. The van der Waals surface area contributed by atoms with Crippen molar-refractivity contribution in [3.63, 3.8) is 0 Å². The molecule has 4 amide bonds. The van der Waals surface area contributed by atoms with Gasteiger partial charge in [0.15, 0.2) is 0 Å². The SMILES string of the molecule is CC(C)(O)c1cnnn1[C@H]1C[C@@H](C(=O)NC2(C(=O)C(N)=O)CCOCC2)N(C(=O)[C@@H](CC2CCCCC2)NC(=O)c2ccc3cn[nH]c3c2)C1. The van der Waals surface area contributed by atoms with E-state index in [4.69, 9.17) is 10.5 Å². The second-order valence-corrected chi connectivity index (χ2v) is 14.3. The van der Waals surface area contributed by atoms with Crippen molar-refractivity contribution in [2.24, 2.45) is 11.7 Å². The molecule has 2 saturated heterocycles. The molecule has 2 aliphatic heterocycles. The Morgan fingerprint density at radius 1 is 1.12 bits per heavy atom. The maximum Gasteiger partial charge on any atom is 0.287 e. The molecule has 0 unspecified atom stereocenters. The number of carbonyl (C=O) groups is 5. The van der Waals surface area contributed by atoms with Crippen LogP contribution in [0.3, 0.4) is 0 Å². The van der Waals surface area contributed by atoms with Crippen LogP contribution in [0.25, 0.3) is 10.9 Å². The summed E-state index contributed by atoms with van der Waals surface area (Å²) in [7, 11) is 0. The largest absolute Gasteiger partial charge is 0.384 e. The minimum absolute atomic E-state index is 0.0143. The molecule has 1 aliphatic carbocycles. The third-order valence-corrected chi connectivity index (χ3v) is 10.4. The Labute approximate surface area is 288 Å². The quantitative estimate of drug-likeness (QED) is 0.179. The fourth-order valence-corrected chi connectivity index (χ4v) is 7.62. The summed E-state index contributed by atoms with van der Waals surface area (Å²) >= 11 is 0. The number of nitrogens with one attached hydrogen (secondary N) is 3. The van der Waals surface area contributed by atoms with Crippen LogP contribution in [0, 0.1) is 5.92 Å². The van der Waals surface area contributed by atoms with Gasteiger partial charge in [0.05, 0.1) is 29.6 Å². The number of aliphatic hydroxyl groups is 1. The fraction of sp³-hybridized carbons (Fsp3) is 0.588. The number of H-pyrrole nitrogens is 1. The predicted molar refractivity (Wildman–Crippen MR) is 178 cm³/mol. The third-order valence-electron chi connectivity index (χ3n) is 10.4. The zero-order valence-corrected chi connectivity index (χ0v) is 28.4. The highest BCUT2D eigenvalue weighted by Gasteiger charge is 2.49. The molecule has 16 nitrogen and oxygen atoms in total. The Balaban J connectivity index is 1.33. The van der Waals surface area contributed by atoms with Gasteiger partial charge in [-0.25, -0.2) is 4.68 Å². The first-order chi connectivity index (χ1) is 23.9. The number of rotatable bonds is 11. The van der Waals surface area contributed by atoms with Crippen molar-refractivity contribution < 1.29 is 33.8 Å². The molecule has 0 spiro atoms.